The molecule has 12 aromatic rings. The predicted octanol–water partition coefficient (Wildman–Crippen LogP) is 13.4. The molecule has 57 heavy (non-hydrogen) atoms. The van der Waals surface area contributed by atoms with Crippen molar-refractivity contribution in [3.05, 3.63) is 182 Å². The lowest BCUT2D eigenvalue weighted by Crippen LogP contribution is -2.00. The lowest BCUT2D eigenvalue weighted by atomic mass is 9.99. The van der Waals surface area contributed by atoms with Gasteiger partial charge >= 0.3 is 0 Å². The highest BCUT2D eigenvalue weighted by Crippen LogP contribution is 2.42. The van der Waals surface area contributed by atoms with Crippen molar-refractivity contribution in [2.75, 3.05) is 0 Å². The number of benzene rings is 8. The van der Waals surface area contributed by atoms with E-state index >= 15 is 0 Å². The highest BCUT2D eigenvalue weighted by molar-refractivity contribution is 6.17. The van der Waals surface area contributed by atoms with Crippen LogP contribution in [-0.2, 0) is 0 Å². The zero-order chi connectivity index (χ0) is 37.5. The van der Waals surface area contributed by atoms with E-state index in [0.29, 0.717) is 17.5 Å². The van der Waals surface area contributed by atoms with Crippen LogP contribution in [0.15, 0.2) is 191 Å². The Hall–Kier alpha value is -7.83. The molecule has 6 heteroatoms. The first-order chi connectivity index (χ1) is 28.2. The third-order valence-corrected chi connectivity index (χ3v) is 11.1. The van der Waals surface area contributed by atoms with Gasteiger partial charge in [-0.1, -0.05) is 133 Å². The van der Waals surface area contributed by atoms with Crippen LogP contribution in [0, 0.1) is 0 Å². The molecule has 0 saturated heterocycles. The molecule has 0 radical (unpaired) electrons. The number of fused-ring (bicyclic) bond motifs is 9. The Morgan fingerprint density at radius 2 is 0.947 bits per heavy atom. The van der Waals surface area contributed by atoms with Gasteiger partial charge in [0.1, 0.15) is 22.3 Å². The Balaban J connectivity index is 0.988. The molecule has 0 aliphatic carbocycles. The quantitative estimate of drug-likeness (QED) is 0.176. The Labute approximate surface area is 325 Å². The zero-order valence-corrected chi connectivity index (χ0v) is 30.4. The Kier molecular flexibility index (Phi) is 6.83. The second kappa shape index (κ2) is 12.3. The summed E-state index contributed by atoms with van der Waals surface area (Å²) in [5.41, 5.74) is 11.5. The highest BCUT2D eigenvalue weighted by Gasteiger charge is 2.20. The summed E-state index contributed by atoms with van der Waals surface area (Å²) < 4.78 is 15.6. The van der Waals surface area contributed by atoms with Gasteiger partial charge < -0.3 is 13.4 Å². The van der Waals surface area contributed by atoms with Crippen LogP contribution in [-0.4, -0.2) is 19.5 Å². The molecular weight excluding hydrogens is 701 g/mol. The van der Waals surface area contributed by atoms with Crippen LogP contribution < -0.4 is 0 Å². The summed E-state index contributed by atoms with van der Waals surface area (Å²) in [6.45, 7) is 0. The van der Waals surface area contributed by atoms with Crippen LogP contribution >= 0.6 is 0 Å². The first-order valence-electron chi connectivity index (χ1n) is 19.0. The molecule has 0 spiro atoms. The number of nitrogens with zero attached hydrogens (tertiary/aromatic N) is 4. The van der Waals surface area contributed by atoms with Gasteiger partial charge in [0.05, 0.1) is 22.1 Å². The highest BCUT2D eigenvalue weighted by atomic mass is 16.3. The molecule has 0 bridgehead atoms. The topological polar surface area (TPSA) is 69.9 Å². The smallest absolute Gasteiger partial charge is 0.164 e. The van der Waals surface area contributed by atoms with E-state index in [9.17, 15) is 0 Å². The maximum atomic E-state index is 6.77. The largest absolute Gasteiger partial charge is 0.456 e. The number of para-hydroxylation sites is 3. The van der Waals surface area contributed by atoms with E-state index in [0.717, 1.165) is 77.4 Å². The van der Waals surface area contributed by atoms with Crippen molar-refractivity contribution >= 4 is 65.7 Å². The van der Waals surface area contributed by atoms with Crippen molar-refractivity contribution in [1.29, 1.82) is 0 Å². The van der Waals surface area contributed by atoms with Crippen LogP contribution in [0.4, 0.5) is 0 Å². The molecule has 12 rings (SSSR count). The van der Waals surface area contributed by atoms with E-state index in [-0.39, 0.29) is 0 Å². The van der Waals surface area contributed by atoms with Crippen molar-refractivity contribution in [3.63, 3.8) is 0 Å². The minimum Gasteiger partial charge on any atom is -0.456 e. The minimum atomic E-state index is 0.586. The molecule has 0 aliphatic heterocycles. The normalized spacial score (nSPS) is 11.9. The first-order valence-corrected chi connectivity index (χ1v) is 19.0. The molecule has 266 valence electrons. The third kappa shape index (κ3) is 4.94. The monoisotopic (exact) mass is 730 g/mol. The Morgan fingerprint density at radius 1 is 0.351 bits per heavy atom. The van der Waals surface area contributed by atoms with Crippen LogP contribution in [0.2, 0.25) is 0 Å². The maximum absolute atomic E-state index is 6.77. The standard InChI is InChI=1S/C51H30N4O2/c1-3-13-31(14-4-1)49-52-50(32-15-5-2-6-16-32)54-51(53-49)34-25-27-38-40-29-33(26-28-44(40)56-46(38)30-34)35-19-11-20-39-47-43(23-12-24-45(47)57-48(35)39)55-41-21-9-7-17-36(41)37-18-8-10-22-42(37)55/h1-30H. The zero-order valence-electron chi connectivity index (χ0n) is 30.4. The summed E-state index contributed by atoms with van der Waals surface area (Å²) in [5, 5.41) is 6.67. The van der Waals surface area contributed by atoms with Gasteiger partial charge in [-0.2, -0.15) is 0 Å². The average Bonchev–Trinajstić information content (AvgIpc) is 3.96. The van der Waals surface area contributed by atoms with E-state index in [4.69, 9.17) is 23.8 Å². The summed E-state index contributed by atoms with van der Waals surface area (Å²) in [7, 11) is 0. The average molecular weight is 731 g/mol. The van der Waals surface area contributed by atoms with E-state index in [2.05, 4.69) is 120 Å². The van der Waals surface area contributed by atoms with Crippen molar-refractivity contribution in [2.45, 2.75) is 0 Å². The molecule has 4 aromatic heterocycles. The van der Waals surface area contributed by atoms with Crippen molar-refractivity contribution in [3.8, 4) is 51.0 Å². The van der Waals surface area contributed by atoms with Crippen LogP contribution in [0.25, 0.3) is 117 Å². The first kappa shape index (κ1) is 31.5. The fraction of sp³-hybridized carbons (Fsp3) is 0. The van der Waals surface area contributed by atoms with Gasteiger partial charge in [0, 0.05) is 49.2 Å². The third-order valence-electron chi connectivity index (χ3n) is 11.1. The molecule has 0 atom stereocenters. The lowest BCUT2D eigenvalue weighted by molar-refractivity contribution is 0.668. The van der Waals surface area contributed by atoms with Gasteiger partial charge in [0.15, 0.2) is 17.5 Å². The second-order valence-electron chi connectivity index (χ2n) is 14.4. The molecule has 0 unspecified atom stereocenters. The molecule has 8 aromatic carbocycles. The lowest BCUT2D eigenvalue weighted by Gasteiger charge is -2.09. The summed E-state index contributed by atoms with van der Waals surface area (Å²) in [5.74, 6) is 1.83. The number of furan rings is 2. The molecule has 6 nitrogen and oxygen atoms in total. The SMILES string of the molecule is c1ccc(-c2nc(-c3ccccc3)nc(-c3ccc4c(c3)oc3ccc(-c5cccc6c5oc5cccc(-n7c8ccccc8c8ccccc87)c56)cc34)n2)cc1. The predicted molar refractivity (Wildman–Crippen MR) is 230 cm³/mol. The summed E-state index contributed by atoms with van der Waals surface area (Å²) in [6, 6.07) is 62.6. The van der Waals surface area contributed by atoms with Crippen LogP contribution in [0.1, 0.15) is 0 Å². The van der Waals surface area contributed by atoms with Gasteiger partial charge in [-0.3, -0.25) is 0 Å². The van der Waals surface area contributed by atoms with Gasteiger partial charge in [-0.05, 0) is 54.1 Å². The van der Waals surface area contributed by atoms with E-state index in [1.54, 1.807) is 0 Å². The number of hydrogen-bond acceptors (Lipinski definition) is 5. The molecule has 0 amide bonds. The van der Waals surface area contributed by atoms with E-state index in [1.807, 2.05) is 66.7 Å². The fourth-order valence-corrected chi connectivity index (χ4v) is 8.45. The molecule has 0 aliphatic rings. The molecular formula is C51H30N4O2. The Bertz CT molecular complexity index is 3410. The number of aromatic nitrogens is 4. The number of rotatable bonds is 5. The molecule has 4 heterocycles. The molecule has 0 N–H and O–H groups in total. The minimum absolute atomic E-state index is 0.586. The van der Waals surface area contributed by atoms with Gasteiger partial charge in [0.25, 0.3) is 0 Å². The summed E-state index contributed by atoms with van der Waals surface area (Å²) >= 11 is 0. The molecule has 0 fully saturated rings. The molecule has 0 saturated carbocycles. The van der Waals surface area contributed by atoms with Crippen molar-refractivity contribution in [2.24, 2.45) is 0 Å². The summed E-state index contributed by atoms with van der Waals surface area (Å²) in [6.07, 6.45) is 0. The Morgan fingerprint density at radius 3 is 1.65 bits per heavy atom. The van der Waals surface area contributed by atoms with Crippen molar-refractivity contribution in [1.82, 2.24) is 19.5 Å². The van der Waals surface area contributed by atoms with Crippen LogP contribution in [0.3, 0.4) is 0 Å². The van der Waals surface area contributed by atoms with Gasteiger partial charge in [-0.25, -0.2) is 15.0 Å². The van der Waals surface area contributed by atoms with E-state index < -0.39 is 0 Å². The fourth-order valence-electron chi connectivity index (χ4n) is 8.45. The second-order valence-corrected chi connectivity index (χ2v) is 14.4. The summed E-state index contributed by atoms with van der Waals surface area (Å²) in [4.78, 5) is 14.7. The number of hydrogen-bond donors (Lipinski definition) is 0. The maximum Gasteiger partial charge on any atom is 0.164 e. The van der Waals surface area contributed by atoms with E-state index in [1.165, 1.54) is 21.8 Å². The van der Waals surface area contributed by atoms with Gasteiger partial charge in [0.2, 0.25) is 0 Å². The van der Waals surface area contributed by atoms with Crippen molar-refractivity contribution < 1.29 is 8.83 Å². The van der Waals surface area contributed by atoms with Gasteiger partial charge in [-0.15, -0.1) is 0 Å². The van der Waals surface area contributed by atoms with Crippen LogP contribution in [0.5, 0.6) is 0 Å².